The van der Waals surface area contributed by atoms with Gasteiger partial charge in [0.2, 0.25) is 12.7 Å². The first kappa shape index (κ1) is 21.7. The molecule has 2 aliphatic rings. The van der Waals surface area contributed by atoms with Gasteiger partial charge in [0.15, 0.2) is 11.5 Å². The van der Waals surface area contributed by atoms with Crippen LogP contribution >= 0.6 is 10.8 Å². The van der Waals surface area contributed by atoms with Gasteiger partial charge in [-0.15, -0.1) is 10.8 Å². The van der Waals surface area contributed by atoms with Gasteiger partial charge in [-0.1, -0.05) is 24.3 Å². The Morgan fingerprint density at radius 3 is 2.36 bits per heavy atom. The average molecular weight is 471 g/mol. The lowest BCUT2D eigenvalue weighted by atomic mass is 9.93. The van der Waals surface area contributed by atoms with Crippen molar-refractivity contribution in [3.05, 3.63) is 72.0 Å². The number of amides is 1. The number of carbonyl (C=O) groups excluding carboxylic acids is 1. The zero-order valence-electron chi connectivity index (χ0n) is 17.8. The van der Waals surface area contributed by atoms with Crippen LogP contribution in [0.5, 0.6) is 11.5 Å². The molecule has 1 aliphatic carbocycles. The highest BCUT2D eigenvalue weighted by Crippen LogP contribution is 2.52. The molecule has 1 fully saturated rings. The summed E-state index contributed by atoms with van der Waals surface area (Å²) >= 11 is 0. The van der Waals surface area contributed by atoms with Crippen molar-refractivity contribution in [1.29, 1.82) is 0 Å². The summed E-state index contributed by atoms with van der Waals surface area (Å²) in [6.07, 6.45) is 1.10. The molecule has 1 heterocycles. The van der Waals surface area contributed by atoms with Crippen molar-refractivity contribution >= 4 is 22.4 Å². The molecule has 7 nitrogen and oxygen atoms in total. The van der Waals surface area contributed by atoms with E-state index in [1.54, 1.807) is 36.4 Å². The van der Waals surface area contributed by atoms with E-state index in [0.717, 1.165) is 11.1 Å². The topological polar surface area (TPSA) is 100 Å². The summed E-state index contributed by atoms with van der Waals surface area (Å²) in [5.74, 6) is 0.0527. The van der Waals surface area contributed by atoms with Crippen LogP contribution in [0.4, 0.5) is 10.1 Å². The highest BCUT2D eigenvalue weighted by Gasteiger charge is 2.53. The molecular weight excluding hydrogens is 447 g/mol. The zero-order chi connectivity index (χ0) is 23.2. The minimum atomic E-state index is -3.02. The Balaban J connectivity index is 1.37. The van der Waals surface area contributed by atoms with E-state index in [-0.39, 0.29) is 12.7 Å². The normalized spacial score (nSPS) is 16.4. The summed E-state index contributed by atoms with van der Waals surface area (Å²) in [6.45, 7) is 0.0407. The molecule has 172 valence electrons. The average Bonchev–Trinajstić information content (AvgIpc) is 3.51. The van der Waals surface area contributed by atoms with Crippen molar-refractivity contribution in [2.45, 2.75) is 23.2 Å². The van der Waals surface area contributed by atoms with Gasteiger partial charge in [-0.3, -0.25) is 13.9 Å². The number of halogens is 1. The molecule has 0 spiro atoms. The molecule has 0 atom stereocenters. The number of carbonyl (C=O) groups is 1. The first-order chi connectivity index (χ1) is 15.8. The van der Waals surface area contributed by atoms with Gasteiger partial charge in [-0.25, -0.2) is 9.11 Å². The highest BCUT2D eigenvalue weighted by molar-refractivity contribution is 8.22. The highest BCUT2D eigenvalue weighted by atomic mass is 32.3. The molecule has 1 saturated carbocycles. The van der Waals surface area contributed by atoms with E-state index in [1.165, 1.54) is 13.1 Å². The molecule has 0 bridgehead atoms. The fraction of sp³-hybridized carbons (Fsp3) is 0.208. The monoisotopic (exact) mass is 470 g/mol. The Morgan fingerprint density at radius 2 is 1.70 bits per heavy atom. The fourth-order valence-corrected chi connectivity index (χ4v) is 4.76. The van der Waals surface area contributed by atoms with Crippen molar-refractivity contribution < 1.29 is 27.8 Å². The van der Waals surface area contributed by atoms with Gasteiger partial charge in [-0.05, 0) is 54.3 Å². The van der Waals surface area contributed by atoms with Gasteiger partial charge in [0.25, 0.3) is 0 Å². The van der Waals surface area contributed by atoms with Crippen LogP contribution in [0.3, 0.4) is 0 Å². The second-order valence-corrected chi connectivity index (χ2v) is 10.1. The number of ether oxygens (including phenoxy) is 2. The molecule has 33 heavy (non-hydrogen) atoms. The third-order valence-corrected chi connectivity index (χ3v) is 7.58. The lowest BCUT2D eigenvalue weighted by molar-refractivity contribution is -0.118. The lowest BCUT2D eigenvalue weighted by Crippen LogP contribution is -2.28. The van der Waals surface area contributed by atoms with Crippen molar-refractivity contribution in [1.82, 2.24) is 4.72 Å². The van der Waals surface area contributed by atoms with Crippen LogP contribution in [0.2, 0.25) is 0 Å². The van der Waals surface area contributed by atoms with E-state index in [9.17, 15) is 18.3 Å². The number of rotatable bonds is 6. The van der Waals surface area contributed by atoms with Crippen LogP contribution < -0.4 is 19.5 Å². The van der Waals surface area contributed by atoms with Gasteiger partial charge >= 0.3 is 0 Å². The van der Waals surface area contributed by atoms with Crippen LogP contribution in [0.15, 0.2) is 65.6 Å². The molecule has 3 aromatic rings. The third-order valence-electron chi connectivity index (χ3n) is 6.08. The number of nitrogens with one attached hydrogen (secondary N) is 2. The fourth-order valence-electron chi connectivity index (χ4n) is 4.01. The number of anilines is 1. The van der Waals surface area contributed by atoms with Crippen LogP contribution in [0.25, 0.3) is 11.1 Å². The van der Waals surface area contributed by atoms with E-state index < -0.39 is 22.0 Å². The summed E-state index contributed by atoms with van der Waals surface area (Å²) < 4.78 is 47.8. The van der Waals surface area contributed by atoms with Gasteiger partial charge in [0.1, 0.15) is 5.82 Å². The maximum absolute atomic E-state index is 14.8. The SMILES string of the molecule is CNS(O)(O)c1ccc(-c2cccc(NC(=O)C3(c4cc5c(cc4F)OCO5)CC3)c2)cc1. The second-order valence-electron chi connectivity index (χ2n) is 8.08. The van der Waals surface area contributed by atoms with Gasteiger partial charge in [0, 0.05) is 24.4 Å². The van der Waals surface area contributed by atoms with Crippen LogP contribution in [0.1, 0.15) is 18.4 Å². The third kappa shape index (κ3) is 3.93. The summed E-state index contributed by atoms with van der Waals surface area (Å²) in [6, 6.07) is 17.0. The molecule has 0 aromatic heterocycles. The Labute approximate surface area is 192 Å². The lowest BCUT2D eigenvalue weighted by Gasteiger charge is -2.31. The molecular formula is C24H23FN2O5S. The molecule has 0 unspecified atom stereocenters. The van der Waals surface area contributed by atoms with Gasteiger partial charge in [-0.2, -0.15) is 0 Å². The molecule has 0 saturated heterocycles. The summed E-state index contributed by atoms with van der Waals surface area (Å²) in [5.41, 5.74) is 1.68. The molecule has 3 aromatic carbocycles. The minimum absolute atomic E-state index is 0.0407. The number of hydrogen-bond acceptors (Lipinski definition) is 6. The van der Waals surface area contributed by atoms with E-state index in [0.29, 0.717) is 40.5 Å². The van der Waals surface area contributed by atoms with Crippen LogP contribution in [0, 0.1) is 5.82 Å². The Hall–Kier alpha value is -3.11. The van der Waals surface area contributed by atoms with E-state index in [1.807, 2.05) is 18.2 Å². The predicted molar refractivity (Wildman–Crippen MR) is 124 cm³/mol. The smallest absolute Gasteiger partial charge is 0.235 e. The largest absolute Gasteiger partial charge is 0.454 e. The Bertz CT molecular complexity index is 1230. The Kier molecular flexibility index (Phi) is 5.29. The maximum atomic E-state index is 14.8. The Morgan fingerprint density at radius 1 is 1.00 bits per heavy atom. The number of hydrogen-bond donors (Lipinski definition) is 4. The molecule has 0 radical (unpaired) electrons. The van der Waals surface area contributed by atoms with Crippen molar-refractivity contribution in [2.24, 2.45) is 0 Å². The quantitative estimate of drug-likeness (QED) is 0.398. The standard InChI is InChI=1S/C24H23FN2O5S/c1-26-33(29,30)18-7-5-15(6-8-18)16-3-2-4-17(11-16)27-23(28)24(9-10-24)19-12-21-22(13-20(19)25)32-14-31-21/h2-8,11-13,26,29-30H,9-10,14H2,1H3,(H,27,28). The molecule has 9 heteroatoms. The van der Waals surface area contributed by atoms with Crippen molar-refractivity contribution in [2.75, 3.05) is 19.2 Å². The second kappa shape index (κ2) is 8.03. The molecule has 1 aliphatic heterocycles. The van der Waals surface area contributed by atoms with Gasteiger partial charge in [0.05, 0.1) is 10.3 Å². The molecule has 1 amide bonds. The zero-order valence-corrected chi connectivity index (χ0v) is 18.6. The minimum Gasteiger partial charge on any atom is -0.454 e. The summed E-state index contributed by atoms with van der Waals surface area (Å²) in [7, 11) is -1.54. The number of fused-ring (bicyclic) bond motifs is 1. The summed E-state index contributed by atoms with van der Waals surface area (Å²) in [5, 5.41) is 2.93. The molecule has 5 rings (SSSR count). The van der Waals surface area contributed by atoms with Crippen LogP contribution in [-0.2, 0) is 10.2 Å². The first-order valence-electron chi connectivity index (χ1n) is 10.4. The van der Waals surface area contributed by atoms with Crippen molar-refractivity contribution in [3.8, 4) is 22.6 Å². The summed E-state index contributed by atoms with van der Waals surface area (Å²) in [4.78, 5) is 13.6. The first-order valence-corrected chi connectivity index (χ1v) is 12.0. The van der Waals surface area contributed by atoms with E-state index >= 15 is 0 Å². The maximum Gasteiger partial charge on any atom is 0.235 e. The number of benzene rings is 3. The van der Waals surface area contributed by atoms with Crippen LogP contribution in [-0.4, -0.2) is 28.9 Å². The van der Waals surface area contributed by atoms with E-state index in [2.05, 4.69) is 10.0 Å². The van der Waals surface area contributed by atoms with E-state index in [4.69, 9.17) is 9.47 Å². The van der Waals surface area contributed by atoms with Crippen molar-refractivity contribution in [3.63, 3.8) is 0 Å². The van der Waals surface area contributed by atoms with Gasteiger partial charge < -0.3 is 14.8 Å². The predicted octanol–water partition coefficient (Wildman–Crippen LogP) is 5.14. The molecule has 4 N–H and O–H groups in total.